The van der Waals surface area contributed by atoms with E-state index in [2.05, 4.69) is 6.92 Å². The van der Waals surface area contributed by atoms with Gasteiger partial charge in [0.15, 0.2) is 0 Å². The van der Waals surface area contributed by atoms with Gasteiger partial charge in [-0.1, -0.05) is 84.0 Å². The van der Waals surface area contributed by atoms with Crippen LogP contribution in [0.2, 0.25) is 0 Å². The molecule has 3 fully saturated rings. The zero-order chi connectivity index (χ0) is 14.5. The minimum Gasteiger partial charge on any atom is -0.0594 e. The second kappa shape index (κ2) is 7.51. The summed E-state index contributed by atoms with van der Waals surface area (Å²) in [5, 5.41) is 0. The summed E-state index contributed by atoms with van der Waals surface area (Å²) in [6, 6.07) is 0. The molecule has 0 bridgehead atoms. The van der Waals surface area contributed by atoms with Crippen LogP contribution in [-0.2, 0) is 0 Å². The molecule has 3 aliphatic rings. The molecule has 21 heavy (non-hydrogen) atoms. The van der Waals surface area contributed by atoms with Crippen LogP contribution in [0.4, 0.5) is 0 Å². The van der Waals surface area contributed by atoms with Crippen LogP contribution in [0.5, 0.6) is 0 Å². The summed E-state index contributed by atoms with van der Waals surface area (Å²) >= 11 is 0. The fraction of sp³-hybridized carbons (Fsp3) is 1.00. The van der Waals surface area contributed by atoms with Crippen molar-refractivity contribution in [1.29, 1.82) is 0 Å². The van der Waals surface area contributed by atoms with Gasteiger partial charge in [0, 0.05) is 0 Å². The molecule has 0 heteroatoms. The summed E-state index contributed by atoms with van der Waals surface area (Å²) in [6.07, 6.45) is 24.6. The highest BCUT2D eigenvalue weighted by atomic mass is 14.4. The van der Waals surface area contributed by atoms with Gasteiger partial charge in [-0.05, 0) is 48.9 Å². The molecule has 0 saturated heterocycles. The SMILES string of the molecule is CC1(C2CCCCC2)CCCC2CCCCCC2CCC1. The van der Waals surface area contributed by atoms with Crippen molar-refractivity contribution < 1.29 is 0 Å². The normalized spacial score (nSPS) is 40.4. The van der Waals surface area contributed by atoms with E-state index in [-0.39, 0.29) is 0 Å². The Balaban J connectivity index is 1.62. The van der Waals surface area contributed by atoms with E-state index in [1.54, 1.807) is 51.4 Å². The highest BCUT2D eigenvalue weighted by Crippen LogP contribution is 2.48. The molecule has 0 heterocycles. The van der Waals surface area contributed by atoms with E-state index in [0.717, 1.165) is 17.8 Å². The van der Waals surface area contributed by atoms with Crippen molar-refractivity contribution in [3.63, 3.8) is 0 Å². The molecule has 0 N–H and O–H groups in total. The second-order valence-corrected chi connectivity index (χ2v) is 8.93. The Labute approximate surface area is 133 Å². The molecule has 0 aromatic heterocycles. The molecule has 2 atom stereocenters. The number of hydrogen-bond donors (Lipinski definition) is 0. The molecule has 3 aliphatic carbocycles. The van der Waals surface area contributed by atoms with Crippen molar-refractivity contribution in [3.8, 4) is 0 Å². The molecule has 0 spiro atoms. The quantitative estimate of drug-likeness (QED) is 0.482. The second-order valence-electron chi connectivity index (χ2n) is 8.93. The van der Waals surface area contributed by atoms with Crippen LogP contribution in [0.15, 0.2) is 0 Å². The molecule has 2 unspecified atom stereocenters. The standard InChI is InChI=1S/C21H38/c1-21(20-14-6-3-7-15-20)16-8-12-18-10-4-2-5-11-19(18)13-9-17-21/h18-20H,2-17H2,1H3. The van der Waals surface area contributed by atoms with E-state index in [0.29, 0.717) is 5.41 Å². The lowest BCUT2D eigenvalue weighted by Crippen LogP contribution is -2.29. The van der Waals surface area contributed by atoms with Crippen molar-refractivity contribution in [2.45, 2.75) is 110 Å². The largest absolute Gasteiger partial charge is 0.0594 e. The van der Waals surface area contributed by atoms with Crippen LogP contribution in [-0.4, -0.2) is 0 Å². The van der Waals surface area contributed by atoms with Gasteiger partial charge in [-0.3, -0.25) is 0 Å². The minimum atomic E-state index is 0.698. The third kappa shape index (κ3) is 4.05. The Morgan fingerprint density at radius 1 is 0.524 bits per heavy atom. The Hall–Kier alpha value is 0. The van der Waals surface area contributed by atoms with Crippen LogP contribution in [0.3, 0.4) is 0 Å². The van der Waals surface area contributed by atoms with Crippen LogP contribution in [0, 0.1) is 23.2 Å². The maximum atomic E-state index is 2.67. The Bertz CT molecular complexity index is 281. The molecular formula is C21H38. The number of rotatable bonds is 1. The topological polar surface area (TPSA) is 0 Å². The van der Waals surface area contributed by atoms with Gasteiger partial charge in [-0.2, -0.15) is 0 Å². The molecule has 0 nitrogen and oxygen atoms in total. The highest BCUT2D eigenvalue weighted by molar-refractivity contribution is 4.87. The van der Waals surface area contributed by atoms with Crippen LogP contribution in [0.1, 0.15) is 110 Å². The minimum absolute atomic E-state index is 0.698. The van der Waals surface area contributed by atoms with Crippen molar-refractivity contribution in [2.24, 2.45) is 23.2 Å². The first-order valence-corrected chi connectivity index (χ1v) is 10.3. The molecule has 0 amide bonds. The van der Waals surface area contributed by atoms with E-state index in [1.807, 2.05) is 0 Å². The van der Waals surface area contributed by atoms with Gasteiger partial charge in [-0.25, -0.2) is 0 Å². The first kappa shape index (κ1) is 15.9. The fourth-order valence-electron chi connectivity index (χ4n) is 6.09. The molecule has 122 valence electrons. The van der Waals surface area contributed by atoms with Gasteiger partial charge in [0.1, 0.15) is 0 Å². The molecule has 0 aliphatic heterocycles. The van der Waals surface area contributed by atoms with Crippen LogP contribution < -0.4 is 0 Å². The fourth-order valence-corrected chi connectivity index (χ4v) is 6.09. The van der Waals surface area contributed by atoms with Crippen molar-refractivity contribution >= 4 is 0 Å². The Morgan fingerprint density at radius 2 is 0.952 bits per heavy atom. The van der Waals surface area contributed by atoms with Gasteiger partial charge in [0.2, 0.25) is 0 Å². The zero-order valence-electron chi connectivity index (χ0n) is 14.5. The Kier molecular flexibility index (Phi) is 5.68. The zero-order valence-corrected chi connectivity index (χ0v) is 14.5. The van der Waals surface area contributed by atoms with Crippen LogP contribution >= 0.6 is 0 Å². The van der Waals surface area contributed by atoms with E-state index < -0.39 is 0 Å². The lowest BCUT2D eigenvalue weighted by Gasteiger charge is -2.40. The summed E-state index contributed by atoms with van der Waals surface area (Å²) in [7, 11) is 0. The average molecular weight is 291 g/mol. The maximum Gasteiger partial charge on any atom is -0.0298 e. The summed E-state index contributed by atoms with van der Waals surface area (Å²) in [5.41, 5.74) is 0.698. The summed E-state index contributed by atoms with van der Waals surface area (Å²) in [4.78, 5) is 0. The predicted octanol–water partition coefficient (Wildman–Crippen LogP) is 7.12. The van der Waals surface area contributed by atoms with Gasteiger partial charge in [-0.15, -0.1) is 0 Å². The Morgan fingerprint density at radius 3 is 1.48 bits per heavy atom. The number of fused-ring (bicyclic) bond motifs is 1. The van der Waals surface area contributed by atoms with Gasteiger partial charge < -0.3 is 0 Å². The lowest BCUT2D eigenvalue weighted by atomic mass is 9.65. The molecule has 3 rings (SSSR count). The van der Waals surface area contributed by atoms with Crippen molar-refractivity contribution in [2.75, 3.05) is 0 Å². The average Bonchev–Trinajstić information content (AvgIpc) is 2.69. The summed E-state index contributed by atoms with van der Waals surface area (Å²) in [6.45, 7) is 2.67. The maximum absolute atomic E-state index is 2.67. The van der Waals surface area contributed by atoms with E-state index in [9.17, 15) is 0 Å². The molecular weight excluding hydrogens is 252 g/mol. The van der Waals surface area contributed by atoms with Crippen LogP contribution in [0.25, 0.3) is 0 Å². The van der Waals surface area contributed by atoms with Crippen molar-refractivity contribution in [3.05, 3.63) is 0 Å². The van der Waals surface area contributed by atoms with Gasteiger partial charge in [0.05, 0.1) is 0 Å². The van der Waals surface area contributed by atoms with Gasteiger partial charge in [0.25, 0.3) is 0 Å². The van der Waals surface area contributed by atoms with E-state index in [1.165, 1.54) is 51.4 Å². The smallest absolute Gasteiger partial charge is 0.0298 e. The third-order valence-electron chi connectivity index (χ3n) is 7.55. The molecule has 0 radical (unpaired) electrons. The highest BCUT2D eigenvalue weighted by Gasteiger charge is 2.36. The number of hydrogen-bond acceptors (Lipinski definition) is 0. The third-order valence-corrected chi connectivity index (χ3v) is 7.55. The lowest BCUT2D eigenvalue weighted by molar-refractivity contribution is 0.107. The van der Waals surface area contributed by atoms with E-state index >= 15 is 0 Å². The summed E-state index contributed by atoms with van der Waals surface area (Å²) < 4.78 is 0. The first-order chi connectivity index (χ1) is 10.3. The predicted molar refractivity (Wildman–Crippen MR) is 92.4 cm³/mol. The molecule has 0 aromatic rings. The first-order valence-electron chi connectivity index (χ1n) is 10.3. The van der Waals surface area contributed by atoms with Crippen molar-refractivity contribution in [1.82, 2.24) is 0 Å². The summed E-state index contributed by atoms with van der Waals surface area (Å²) in [5.74, 6) is 3.26. The monoisotopic (exact) mass is 290 g/mol. The van der Waals surface area contributed by atoms with Gasteiger partial charge >= 0.3 is 0 Å². The molecule has 3 saturated carbocycles. The molecule has 0 aromatic carbocycles. The van der Waals surface area contributed by atoms with E-state index in [4.69, 9.17) is 0 Å².